The van der Waals surface area contributed by atoms with E-state index >= 15 is 0 Å². The second-order valence-corrected chi connectivity index (χ2v) is 9.99. The molecule has 2 aromatic rings. The van der Waals surface area contributed by atoms with Gasteiger partial charge in [-0.3, -0.25) is 9.59 Å². The highest BCUT2D eigenvalue weighted by molar-refractivity contribution is 7.91. The summed E-state index contributed by atoms with van der Waals surface area (Å²) in [6.45, 7) is 0. The number of ketones is 1. The van der Waals surface area contributed by atoms with Gasteiger partial charge in [0.15, 0.2) is 9.84 Å². The molecule has 0 radical (unpaired) electrons. The molecule has 4 rings (SSSR count). The van der Waals surface area contributed by atoms with Crippen LogP contribution in [0.15, 0.2) is 54.1 Å². The molecule has 2 aromatic carbocycles. The number of carbonyl (C=O) groups is 2. The summed E-state index contributed by atoms with van der Waals surface area (Å²) >= 11 is 5.88. The topological polar surface area (TPSA) is 91.8 Å². The van der Waals surface area contributed by atoms with E-state index in [4.69, 9.17) is 11.6 Å². The van der Waals surface area contributed by atoms with Crippen LogP contribution in [0, 0.1) is 5.82 Å². The molecule has 2 aliphatic heterocycles. The SMILES string of the molecule is O=C1C(=O)N(C2CCS(=O)(=O)C2)C(c2cccc(F)c2)/C1=C(/O)c1ccc(Cl)cc1. The molecular formula is C21H17ClFNO5S. The summed E-state index contributed by atoms with van der Waals surface area (Å²) < 4.78 is 38.0. The summed E-state index contributed by atoms with van der Waals surface area (Å²) in [6.07, 6.45) is 0.169. The Balaban J connectivity index is 1.90. The van der Waals surface area contributed by atoms with E-state index < -0.39 is 45.2 Å². The van der Waals surface area contributed by atoms with Crippen LogP contribution in [-0.4, -0.2) is 47.7 Å². The normalized spacial score (nSPS) is 25.1. The molecule has 2 fully saturated rings. The quantitative estimate of drug-likeness (QED) is 0.441. The number of halogens is 2. The molecule has 156 valence electrons. The molecule has 0 spiro atoms. The Morgan fingerprint density at radius 1 is 1.13 bits per heavy atom. The molecule has 2 aliphatic rings. The van der Waals surface area contributed by atoms with Crippen molar-refractivity contribution in [3.63, 3.8) is 0 Å². The fourth-order valence-corrected chi connectivity index (χ4v) is 5.83. The Kier molecular flexibility index (Phi) is 5.15. The Hall–Kier alpha value is -2.71. The van der Waals surface area contributed by atoms with Gasteiger partial charge in [-0.15, -0.1) is 0 Å². The van der Waals surface area contributed by atoms with Gasteiger partial charge in [-0.2, -0.15) is 0 Å². The van der Waals surface area contributed by atoms with Crippen LogP contribution in [0.3, 0.4) is 0 Å². The van der Waals surface area contributed by atoms with Crippen molar-refractivity contribution in [2.45, 2.75) is 18.5 Å². The zero-order valence-corrected chi connectivity index (χ0v) is 17.2. The van der Waals surface area contributed by atoms with Crippen LogP contribution in [0.4, 0.5) is 4.39 Å². The lowest BCUT2D eigenvalue weighted by atomic mass is 9.94. The standard InChI is InChI=1S/C21H17ClFNO5S/c22-14-6-4-12(5-7-14)19(25)17-18(13-2-1-3-15(23)10-13)24(21(27)20(17)26)16-8-9-30(28,29)11-16/h1-7,10,16,18,25H,8-9,11H2/b19-17-. The first kappa shape index (κ1) is 20.6. The number of nitrogens with zero attached hydrogens (tertiary/aromatic N) is 1. The van der Waals surface area contributed by atoms with Crippen molar-refractivity contribution in [1.29, 1.82) is 0 Å². The lowest BCUT2D eigenvalue weighted by Crippen LogP contribution is -2.40. The lowest BCUT2D eigenvalue weighted by Gasteiger charge is -2.30. The minimum Gasteiger partial charge on any atom is -0.507 e. The molecule has 1 amide bonds. The molecule has 2 saturated heterocycles. The number of hydrogen-bond acceptors (Lipinski definition) is 5. The van der Waals surface area contributed by atoms with Gasteiger partial charge >= 0.3 is 0 Å². The van der Waals surface area contributed by atoms with Gasteiger partial charge in [-0.1, -0.05) is 23.7 Å². The average Bonchev–Trinajstić information content (AvgIpc) is 3.18. The number of carbonyl (C=O) groups excluding carboxylic acids is 2. The third-order valence-electron chi connectivity index (χ3n) is 5.36. The van der Waals surface area contributed by atoms with E-state index in [0.717, 1.165) is 0 Å². The predicted octanol–water partition coefficient (Wildman–Crippen LogP) is 3.09. The van der Waals surface area contributed by atoms with Crippen molar-refractivity contribution in [1.82, 2.24) is 4.90 Å². The summed E-state index contributed by atoms with van der Waals surface area (Å²) in [5, 5.41) is 11.3. The van der Waals surface area contributed by atoms with Crippen LogP contribution in [-0.2, 0) is 19.4 Å². The van der Waals surface area contributed by atoms with E-state index in [0.29, 0.717) is 5.02 Å². The molecule has 2 heterocycles. The van der Waals surface area contributed by atoms with Gasteiger partial charge in [0.25, 0.3) is 11.7 Å². The number of likely N-dealkylation sites (tertiary alicyclic amines) is 1. The molecule has 30 heavy (non-hydrogen) atoms. The lowest BCUT2D eigenvalue weighted by molar-refractivity contribution is -0.141. The van der Waals surface area contributed by atoms with Gasteiger partial charge in [0.2, 0.25) is 0 Å². The molecule has 0 bridgehead atoms. The largest absolute Gasteiger partial charge is 0.507 e. The smallest absolute Gasteiger partial charge is 0.295 e. The molecule has 2 atom stereocenters. The van der Waals surface area contributed by atoms with Crippen LogP contribution in [0.5, 0.6) is 0 Å². The summed E-state index contributed by atoms with van der Waals surface area (Å²) in [7, 11) is -3.35. The minimum atomic E-state index is -3.35. The zero-order valence-electron chi connectivity index (χ0n) is 15.6. The first-order valence-corrected chi connectivity index (χ1v) is 11.4. The highest BCUT2D eigenvalue weighted by Crippen LogP contribution is 2.42. The van der Waals surface area contributed by atoms with Gasteiger partial charge in [0.05, 0.1) is 23.1 Å². The van der Waals surface area contributed by atoms with Crippen LogP contribution in [0.1, 0.15) is 23.6 Å². The van der Waals surface area contributed by atoms with E-state index in [9.17, 15) is 27.5 Å². The van der Waals surface area contributed by atoms with E-state index in [1.54, 1.807) is 0 Å². The van der Waals surface area contributed by atoms with Crippen molar-refractivity contribution in [2.24, 2.45) is 0 Å². The number of aliphatic hydroxyl groups excluding tert-OH is 1. The summed E-state index contributed by atoms with van der Waals surface area (Å²) in [6, 6.07) is 9.54. The van der Waals surface area contributed by atoms with Crippen molar-refractivity contribution >= 4 is 38.9 Å². The van der Waals surface area contributed by atoms with Crippen molar-refractivity contribution in [2.75, 3.05) is 11.5 Å². The van der Waals surface area contributed by atoms with Crippen LogP contribution >= 0.6 is 11.6 Å². The van der Waals surface area contributed by atoms with Gasteiger partial charge < -0.3 is 10.0 Å². The maximum absolute atomic E-state index is 14.0. The number of Topliss-reactive ketones (excluding diaryl/α,β-unsaturated/α-hetero) is 1. The third-order valence-corrected chi connectivity index (χ3v) is 7.37. The monoisotopic (exact) mass is 449 g/mol. The highest BCUT2D eigenvalue weighted by atomic mass is 35.5. The molecule has 9 heteroatoms. The van der Waals surface area contributed by atoms with Gasteiger partial charge in [-0.25, -0.2) is 12.8 Å². The van der Waals surface area contributed by atoms with E-state index in [-0.39, 0.29) is 34.6 Å². The van der Waals surface area contributed by atoms with Crippen molar-refractivity contribution in [3.8, 4) is 0 Å². The minimum absolute atomic E-state index is 0.103. The first-order chi connectivity index (χ1) is 14.2. The number of aliphatic hydroxyl groups is 1. The summed E-state index contributed by atoms with van der Waals surface area (Å²) in [5.74, 6) is -3.25. The molecule has 2 unspecified atom stereocenters. The molecular weight excluding hydrogens is 433 g/mol. The average molecular weight is 450 g/mol. The summed E-state index contributed by atoms with van der Waals surface area (Å²) in [5.41, 5.74) is 0.323. The van der Waals surface area contributed by atoms with Gasteiger partial charge in [-0.05, 0) is 48.4 Å². The molecule has 1 N–H and O–H groups in total. The molecule has 0 aromatic heterocycles. The summed E-state index contributed by atoms with van der Waals surface area (Å²) in [4.78, 5) is 27.0. The van der Waals surface area contributed by atoms with E-state index in [2.05, 4.69) is 0 Å². The molecule has 0 saturated carbocycles. The van der Waals surface area contributed by atoms with Crippen molar-refractivity contribution < 1.29 is 27.5 Å². The van der Waals surface area contributed by atoms with Gasteiger partial charge in [0.1, 0.15) is 11.6 Å². The number of sulfone groups is 1. The Labute approximate surface area is 177 Å². The van der Waals surface area contributed by atoms with Crippen LogP contribution < -0.4 is 0 Å². The fourth-order valence-electron chi connectivity index (χ4n) is 3.99. The zero-order chi connectivity index (χ0) is 21.6. The van der Waals surface area contributed by atoms with E-state index in [1.165, 1.54) is 53.4 Å². The Morgan fingerprint density at radius 3 is 2.43 bits per heavy atom. The first-order valence-electron chi connectivity index (χ1n) is 9.20. The maximum atomic E-state index is 14.0. The molecule has 6 nitrogen and oxygen atoms in total. The Bertz CT molecular complexity index is 1180. The van der Waals surface area contributed by atoms with E-state index in [1.807, 2.05) is 0 Å². The Morgan fingerprint density at radius 2 is 1.83 bits per heavy atom. The van der Waals surface area contributed by atoms with Gasteiger partial charge in [0, 0.05) is 16.6 Å². The predicted molar refractivity (Wildman–Crippen MR) is 109 cm³/mol. The highest BCUT2D eigenvalue weighted by Gasteiger charge is 2.51. The second kappa shape index (κ2) is 7.52. The number of amides is 1. The maximum Gasteiger partial charge on any atom is 0.295 e. The van der Waals surface area contributed by atoms with Crippen LogP contribution in [0.25, 0.3) is 5.76 Å². The number of hydrogen-bond donors (Lipinski definition) is 1. The third kappa shape index (κ3) is 3.61. The fraction of sp³-hybridized carbons (Fsp3) is 0.238. The number of rotatable bonds is 3. The molecule has 0 aliphatic carbocycles. The van der Waals surface area contributed by atoms with Crippen molar-refractivity contribution in [3.05, 3.63) is 76.1 Å². The second-order valence-electron chi connectivity index (χ2n) is 7.33. The van der Waals surface area contributed by atoms with Crippen LogP contribution in [0.2, 0.25) is 5.02 Å². The number of benzene rings is 2.